The number of anilines is 2. The predicted molar refractivity (Wildman–Crippen MR) is 110 cm³/mol. The molecule has 1 amide bonds. The minimum atomic E-state index is -3.65. The van der Waals surface area contributed by atoms with E-state index < -0.39 is 16.1 Å². The van der Waals surface area contributed by atoms with Crippen molar-refractivity contribution in [2.75, 3.05) is 15.9 Å². The Bertz CT molecular complexity index is 893. The molecule has 0 aliphatic heterocycles. The van der Waals surface area contributed by atoms with Crippen LogP contribution in [0.3, 0.4) is 0 Å². The smallest absolute Gasteiger partial charge is 0.248 e. The first kappa shape index (κ1) is 20.5. The summed E-state index contributed by atoms with van der Waals surface area (Å²) in [4.78, 5) is 12.9. The van der Waals surface area contributed by atoms with Crippen molar-refractivity contribution >= 4 is 43.2 Å². The third kappa shape index (κ3) is 4.86. The first-order valence-corrected chi connectivity index (χ1v) is 10.9. The number of amides is 1. The lowest BCUT2D eigenvalue weighted by Gasteiger charge is -2.30. The van der Waals surface area contributed by atoms with Gasteiger partial charge in [-0.15, -0.1) is 0 Å². The summed E-state index contributed by atoms with van der Waals surface area (Å²) in [5, 5.41) is 2.82. The second-order valence-electron chi connectivity index (χ2n) is 6.30. The van der Waals surface area contributed by atoms with Gasteiger partial charge in [0.25, 0.3) is 0 Å². The van der Waals surface area contributed by atoms with Crippen LogP contribution in [0.4, 0.5) is 11.4 Å². The number of hydrogen-bond acceptors (Lipinski definition) is 3. The Labute approximate surface area is 163 Å². The van der Waals surface area contributed by atoms with Gasteiger partial charge in [0.2, 0.25) is 15.9 Å². The lowest BCUT2D eigenvalue weighted by molar-refractivity contribution is -0.117. The normalized spacial score (nSPS) is 12.5. The first-order valence-electron chi connectivity index (χ1n) is 8.26. The molecule has 5 nitrogen and oxygen atoms in total. The van der Waals surface area contributed by atoms with E-state index >= 15 is 0 Å². The number of carbonyl (C=O) groups is 1. The number of carbonyl (C=O) groups excluding carboxylic acids is 1. The Balaban J connectivity index is 2.44. The third-order valence-corrected chi connectivity index (χ3v) is 5.79. The zero-order valence-electron chi connectivity index (χ0n) is 15.3. The van der Waals surface area contributed by atoms with Gasteiger partial charge in [-0.1, -0.05) is 25.1 Å². The van der Waals surface area contributed by atoms with Crippen molar-refractivity contribution in [3.63, 3.8) is 0 Å². The number of nitrogens with one attached hydrogen (secondary N) is 1. The lowest BCUT2D eigenvalue weighted by atomic mass is 10.1. The molecule has 0 saturated carbocycles. The van der Waals surface area contributed by atoms with E-state index in [1.165, 1.54) is 4.31 Å². The maximum absolute atomic E-state index is 12.9. The maximum Gasteiger partial charge on any atom is 0.248 e. The highest BCUT2D eigenvalue weighted by molar-refractivity contribution is 9.10. The molecular weight excluding hydrogens is 416 g/mol. The van der Waals surface area contributed by atoms with Crippen LogP contribution in [0.25, 0.3) is 0 Å². The molecule has 7 heteroatoms. The Morgan fingerprint density at radius 1 is 1.15 bits per heavy atom. The molecule has 0 bridgehead atoms. The summed E-state index contributed by atoms with van der Waals surface area (Å²) in [6.07, 6.45) is 1.47. The van der Waals surface area contributed by atoms with Gasteiger partial charge in [0.05, 0.1) is 17.6 Å². The summed E-state index contributed by atoms with van der Waals surface area (Å²) < 4.78 is 27.0. The molecule has 2 rings (SSSR count). The van der Waals surface area contributed by atoms with E-state index in [-0.39, 0.29) is 5.91 Å². The van der Waals surface area contributed by atoms with E-state index in [0.717, 1.165) is 21.9 Å². The van der Waals surface area contributed by atoms with Gasteiger partial charge in [-0.2, -0.15) is 0 Å². The molecule has 0 fully saturated rings. The van der Waals surface area contributed by atoms with Gasteiger partial charge < -0.3 is 5.32 Å². The van der Waals surface area contributed by atoms with Gasteiger partial charge in [-0.3, -0.25) is 9.10 Å². The van der Waals surface area contributed by atoms with E-state index in [2.05, 4.69) is 21.2 Å². The maximum atomic E-state index is 12.9. The highest BCUT2D eigenvalue weighted by Crippen LogP contribution is 2.27. The van der Waals surface area contributed by atoms with Crippen LogP contribution in [0, 0.1) is 13.8 Å². The average Bonchev–Trinajstić information content (AvgIpc) is 2.52. The van der Waals surface area contributed by atoms with Crippen molar-refractivity contribution in [2.45, 2.75) is 33.2 Å². The quantitative estimate of drug-likeness (QED) is 0.732. The van der Waals surface area contributed by atoms with Crippen molar-refractivity contribution in [3.05, 3.63) is 58.1 Å². The van der Waals surface area contributed by atoms with Gasteiger partial charge in [0.1, 0.15) is 6.04 Å². The summed E-state index contributed by atoms with van der Waals surface area (Å²) in [6, 6.07) is 11.9. The van der Waals surface area contributed by atoms with Gasteiger partial charge >= 0.3 is 0 Å². The Morgan fingerprint density at radius 2 is 1.73 bits per heavy atom. The summed E-state index contributed by atoms with van der Waals surface area (Å²) in [6.45, 7) is 5.60. The zero-order valence-corrected chi connectivity index (χ0v) is 17.7. The lowest BCUT2D eigenvalue weighted by Crippen LogP contribution is -2.47. The number of aryl methyl sites for hydroxylation is 2. The zero-order chi connectivity index (χ0) is 19.5. The topological polar surface area (TPSA) is 66.5 Å². The average molecular weight is 439 g/mol. The summed E-state index contributed by atoms with van der Waals surface area (Å²) in [7, 11) is -3.65. The number of nitrogens with zero attached hydrogens (tertiary/aromatic N) is 1. The summed E-state index contributed by atoms with van der Waals surface area (Å²) >= 11 is 3.39. The number of benzene rings is 2. The van der Waals surface area contributed by atoms with Crippen LogP contribution in [-0.4, -0.2) is 26.6 Å². The van der Waals surface area contributed by atoms with E-state index in [1.54, 1.807) is 31.2 Å². The number of sulfonamides is 1. The molecule has 0 spiro atoms. The molecule has 0 saturated heterocycles. The van der Waals surface area contributed by atoms with E-state index in [0.29, 0.717) is 17.8 Å². The SMILES string of the molecule is CC[C@@H](C(=O)Nc1ccccc1Br)N(c1cc(C)cc(C)c1)S(C)(=O)=O. The van der Waals surface area contributed by atoms with E-state index in [1.807, 2.05) is 32.0 Å². The fourth-order valence-electron chi connectivity index (χ4n) is 2.92. The van der Waals surface area contributed by atoms with Crippen LogP contribution in [0.5, 0.6) is 0 Å². The largest absolute Gasteiger partial charge is 0.323 e. The van der Waals surface area contributed by atoms with Gasteiger partial charge in [0.15, 0.2) is 0 Å². The Kier molecular flexibility index (Phi) is 6.47. The molecule has 140 valence electrons. The number of hydrogen-bond donors (Lipinski definition) is 1. The highest BCUT2D eigenvalue weighted by Gasteiger charge is 2.32. The standard InChI is InChI=1S/C19H23BrN2O3S/c1-5-18(19(23)21-17-9-7-6-8-16(17)20)22(26(4,24)25)15-11-13(2)10-14(3)12-15/h6-12,18H,5H2,1-4H3,(H,21,23)/t18-/m0/s1. The van der Waals surface area contributed by atoms with Crippen LogP contribution in [0.2, 0.25) is 0 Å². The Hall–Kier alpha value is -1.86. The van der Waals surface area contributed by atoms with Crippen LogP contribution < -0.4 is 9.62 Å². The van der Waals surface area contributed by atoms with Crippen LogP contribution in [0.15, 0.2) is 46.9 Å². The molecular formula is C19H23BrN2O3S. The second kappa shape index (κ2) is 8.22. The van der Waals surface area contributed by atoms with Gasteiger partial charge in [-0.25, -0.2) is 8.42 Å². The third-order valence-electron chi connectivity index (χ3n) is 3.92. The molecule has 1 atom stereocenters. The molecule has 1 N–H and O–H groups in total. The van der Waals surface area contributed by atoms with Crippen molar-refractivity contribution in [1.82, 2.24) is 0 Å². The highest BCUT2D eigenvalue weighted by atomic mass is 79.9. The monoisotopic (exact) mass is 438 g/mol. The van der Waals surface area contributed by atoms with Crippen LogP contribution in [0.1, 0.15) is 24.5 Å². The molecule has 0 aliphatic rings. The molecule has 2 aromatic carbocycles. The van der Waals surface area contributed by atoms with Crippen molar-refractivity contribution < 1.29 is 13.2 Å². The summed E-state index contributed by atoms with van der Waals surface area (Å²) in [5.74, 6) is -0.371. The molecule has 2 aromatic rings. The minimum absolute atomic E-state index is 0.344. The Morgan fingerprint density at radius 3 is 2.23 bits per heavy atom. The minimum Gasteiger partial charge on any atom is -0.323 e. The van der Waals surface area contributed by atoms with Crippen molar-refractivity contribution in [3.8, 4) is 0 Å². The van der Waals surface area contributed by atoms with Gasteiger partial charge in [-0.05, 0) is 71.6 Å². The molecule has 0 aromatic heterocycles. The number of para-hydroxylation sites is 1. The predicted octanol–water partition coefficient (Wildman–Crippen LogP) is 4.25. The fourth-order valence-corrected chi connectivity index (χ4v) is 4.50. The molecule has 26 heavy (non-hydrogen) atoms. The van der Waals surface area contributed by atoms with E-state index in [4.69, 9.17) is 0 Å². The first-order chi connectivity index (χ1) is 12.1. The number of rotatable bonds is 6. The molecule has 0 radical (unpaired) electrons. The van der Waals surface area contributed by atoms with E-state index in [9.17, 15) is 13.2 Å². The van der Waals surface area contributed by atoms with Crippen molar-refractivity contribution in [2.24, 2.45) is 0 Å². The molecule has 0 aliphatic carbocycles. The van der Waals surface area contributed by atoms with Gasteiger partial charge in [0, 0.05) is 4.47 Å². The van der Waals surface area contributed by atoms with Crippen LogP contribution in [-0.2, 0) is 14.8 Å². The fraction of sp³-hybridized carbons (Fsp3) is 0.316. The van der Waals surface area contributed by atoms with Crippen molar-refractivity contribution in [1.29, 1.82) is 0 Å². The molecule has 0 heterocycles. The second-order valence-corrected chi connectivity index (χ2v) is 9.01. The molecule has 0 unspecified atom stereocenters. The summed E-state index contributed by atoms with van der Waals surface area (Å²) in [5.41, 5.74) is 2.98. The van der Waals surface area contributed by atoms with Crippen LogP contribution >= 0.6 is 15.9 Å². The number of halogens is 1.